The zero-order chi connectivity index (χ0) is 22.5. The predicted octanol–water partition coefficient (Wildman–Crippen LogP) is 4.59. The summed E-state index contributed by atoms with van der Waals surface area (Å²) in [5, 5.41) is 3.78. The summed E-state index contributed by atoms with van der Waals surface area (Å²) in [4.78, 5) is 25.7. The molecule has 4 rings (SSSR count). The molecule has 5 nitrogen and oxygen atoms in total. The van der Waals surface area contributed by atoms with Crippen molar-refractivity contribution in [1.29, 1.82) is 0 Å². The Labute approximate surface area is 194 Å². The van der Waals surface area contributed by atoms with Crippen molar-refractivity contribution in [1.82, 2.24) is 9.88 Å². The third kappa shape index (κ3) is 5.37. The van der Waals surface area contributed by atoms with Crippen molar-refractivity contribution in [3.8, 4) is 5.69 Å². The molecule has 3 atom stereocenters. The van der Waals surface area contributed by atoms with Crippen LogP contribution in [0.25, 0.3) is 5.69 Å². The quantitative estimate of drug-likeness (QED) is 0.575. The molecule has 0 spiro atoms. The maximum absolute atomic E-state index is 12.9. The van der Waals surface area contributed by atoms with Gasteiger partial charge in [-0.05, 0) is 73.4 Å². The molecule has 1 N–H and O–H groups in total. The molecule has 1 amide bonds. The minimum atomic E-state index is -1.14. The number of nitrogens with one attached hydrogen (secondary N) is 1. The van der Waals surface area contributed by atoms with Crippen LogP contribution in [0.3, 0.4) is 0 Å². The zero-order valence-corrected chi connectivity index (χ0v) is 19.1. The standard InChI is InChI=1S/C25H25ClN2O3S/c26-20-10-14-22(15-11-20)32(31)17-19-5-1-2-6-23(19)27-25(30)18-8-12-21(13-9-18)28-16-4-3-7-24(28)29/h3-4,7-16,19,23H,1-2,5-6,17H2,(H,27,30)/t19-,23-,32?/m1/s1. The second-order valence-electron chi connectivity index (χ2n) is 8.05. The van der Waals surface area contributed by atoms with Crippen LogP contribution in [-0.4, -0.2) is 26.5 Å². The normalized spacial score (nSPS) is 19.3. The summed E-state index contributed by atoms with van der Waals surface area (Å²) in [7, 11) is -1.14. The number of nitrogens with zero attached hydrogens (tertiary/aromatic N) is 1. The fourth-order valence-electron chi connectivity index (χ4n) is 4.14. The topological polar surface area (TPSA) is 68.2 Å². The van der Waals surface area contributed by atoms with E-state index in [1.54, 1.807) is 66.9 Å². The van der Waals surface area contributed by atoms with E-state index < -0.39 is 10.8 Å². The van der Waals surface area contributed by atoms with Crippen LogP contribution in [0.15, 0.2) is 82.6 Å². The van der Waals surface area contributed by atoms with Crippen molar-refractivity contribution >= 4 is 28.3 Å². The third-order valence-corrected chi connectivity index (χ3v) is 7.68. The average molecular weight is 469 g/mol. The summed E-state index contributed by atoms with van der Waals surface area (Å²) in [6.45, 7) is 0. The number of amides is 1. The summed E-state index contributed by atoms with van der Waals surface area (Å²) < 4.78 is 14.4. The lowest BCUT2D eigenvalue weighted by Gasteiger charge is -2.32. The summed E-state index contributed by atoms with van der Waals surface area (Å²) in [6, 6.07) is 19.1. The van der Waals surface area contributed by atoms with Gasteiger partial charge in [0.05, 0.1) is 10.8 Å². The number of rotatable bonds is 6. The average Bonchev–Trinajstić information content (AvgIpc) is 2.81. The lowest BCUT2D eigenvalue weighted by Crippen LogP contribution is -2.44. The number of hydrogen-bond acceptors (Lipinski definition) is 3. The number of benzene rings is 2. The molecule has 7 heteroatoms. The highest BCUT2D eigenvalue weighted by Crippen LogP contribution is 2.27. The molecular formula is C25H25ClN2O3S. The Kier molecular flexibility index (Phi) is 7.22. The fraction of sp³-hybridized carbons (Fsp3) is 0.280. The number of halogens is 1. The van der Waals surface area contributed by atoms with Crippen molar-refractivity contribution < 1.29 is 9.00 Å². The van der Waals surface area contributed by atoms with Crippen molar-refractivity contribution in [2.75, 3.05) is 5.75 Å². The molecule has 1 unspecified atom stereocenters. The summed E-state index contributed by atoms with van der Waals surface area (Å²) in [5.74, 6) is 0.528. The molecule has 166 valence electrons. The highest BCUT2D eigenvalue weighted by molar-refractivity contribution is 7.85. The molecule has 1 aliphatic carbocycles. The van der Waals surface area contributed by atoms with Crippen LogP contribution in [0, 0.1) is 5.92 Å². The maximum atomic E-state index is 12.9. The molecule has 0 saturated heterocycles. The van der Waals surface area contributed by atoms with Gasteiger partial charge in [0.2, 0.25) is 0 Å². The number of carbonyl (C=O) groups excluding carboxylic acids is 1. The SMILES string of the molecule is O=C(N[C@@H]1CCCC[C@@H]1CS(=O)c1ccc(Cl)cc1)c1ccc(-n2ccccc2=O)cc1. The van der Waals surface area contributed by atoms with Crippen molar-refractivity contribution in [3.63, 3.8) is 0 Å². The van der Waals surface area contributed by atoms with Gasteiger partial charge in [-0.1, -0.05) is 30.5 Å². The number of carbonyl (C=O) groups is 1. The largest absolute Gasteiger partial charge is 0.349 e. The van der Waals surface area contributed by atoms with Gasteiger partial charge in [-0.3, -0.25) is 18.4 Å². The second kappa shape index (κ2) is 10.3. The lowest BCUT2D eigenvalue weighted by molar-refractivity contribution is 0.0911. The summed E-state index contributed by atoms with van der Waals surface area (Å²) >= 11 is 5.94. The third-order valence-electron chi connectivity index (χ3n) is 5.90. The van der Waals surface area contributed by atoms with Gasteiger partial charge in [0.1, 0.15) is 0 Å². The van der Waals surface area contributed by atoms with Gasteiger partial charge < -0.3 is 5.32 Å². The Morgan fingerprint density at radius 2 is 1.72 bits per heavy atom. The minimum absolute atomic E-state index is 0.0103. The van der Waals surface area contributed by atoms with Crippen molar-refractivity contribution in [2.24, 2.45) is 5.92 Å². The van der Waals surface area contributed by atoms with E-state index in [1.807, 2.05) is 0 Å². The molecular weight excluding hydrogens is 444 g/mol. The van der Waals surface area contributed by atoms with E-state index in [2.05, 4.69) is 5.32 Å². The van der Waals surface area contributed by atoms with Gasteiger partial charge in [-0.25, -0.2) is 0 Å². The van der Waals surface area contributed by atoms with E-state index >= 15 is 0 Å². The van der Waals surface area contributed by atoms with Gasteiger partial charge in [-0.15, -0.1) is 0 Å². The van der Waals surface area contributed by atoms with E-state index in [1.165, 1.54) is 10.6 Å². The first-order valence-electron chi connectivity index (χ1n) is 10.7. The van der Waals surface area contributed by atoms with Gasteiger partial charge >= 0.3 is 0 Å². The molecule has 1 fully saturated rings. The van der Waals surface area contributed by atoms with Crippen LogP contribution in [0.2, 0.25) is 5.02 Å². The van der Waals surface area contributed by atoms with Gasteiger partial charge in [0.15, 0.2) is 0 Å². The highest BCUT2D eigenvalue weighted by atomic mass is 35.5. The maximum Gasteiger partial charge on any atom is 0.255 e. The van der Waals surface area contributed by atoms with Gasteiger partial charge in [-0.2, -0.15) is 0 Å². The second-order valence-corrected chi connectivity index (χ2v) is 9.98. The van der Waals surface area contributed by atoms with Gasteiger partial charge in [0.25, 0.3) is 11.5 Å². The first-order valence-corrected chi connectivity index (χ1v) is 12.4. The Hall–Kier alpha value is -2.70. The Morgan fingerprint density at radius 1 is 1.00 bits per heavy atom. The van der Waals surface area contributed by atoms with Crippen LogP contribution in [-0.2, 0) is 10.8 Å². The van der Waals surface area contributed by atoms with Crippen molar-refractivity contribution in [3.05, 3.63) is 93.9 Å². The van der Waals surface area contributed by atoms with Gasteiger partial charge in [0, 0.05) is 45.2 Å². The van der Waals surface area contributed by atoms with E-state index in [4.69, 9.17) is 11.6 Å². The molecule has 0 radical (unpaired) electrons. The minimum Gasteiger partial charge on any atom is -0.349 e. The molecule has 1 aromatic heterocycles. The van der Waals surface area contributed by atoms with Crippen LogP contribution in [0.4, 0.5) is 0 Å². The molecule has 1 saturated carbocycles. The predicted molar refractivity (Wildman–Crippen MR) is 128 cm³/mol. The fourth-order valence-corrected chi connectivity index (χ4v) is 5.69. The number of pyridine rings is 1. The molecule has 1 heterocycles. The molecule has 0 bridgehead atoms. The molecule has 3 aromatic rings. The smallest absolute Gasteiger partial charge is 0.255 e. The van der Waals surface area contributed by atoms with E-state index in [9.17, 15) is 13.8 Å². The summed E-state index contributed by atoms with van der Waals surface area (Å²) in [6.07, 6.45) is 5.65. The zero-order valence-electron chi connectivity index (χ0n) is 17.6. The first kappa shape index (κ1) is 22.5. The molecule has 2 aromatic carbocycles. The first-order chi connectivity index (χ1) is 15.5. The molecule has 0 aliphatic heterocycles. The lowest BCUT2D eigenvalue weighted by atomic mass is 9.85. The number of hydrogen-bond donors (Lipinski definition) is 1. The van der Waals surface area contributed by atoms with Crippen LogP contribution < -0.4 is 10.9 Å². The summed E-state index contributed by atoms with van der Waals surface area (Å²) in [5.41, 5.74) is 1.13. The highest BCUT2D eigenvalue weighted by Gasteiger charge is 2.28. The Balaban J connectivity index is 1.42. The van der Waals surface area contributed by atoms with Crippen LogP contribution in [0.5, 0.6) is 0 Å². The van der Waals surface area contributed by atoms with Crippen LogP contribution >= 0.6 is 11.6 Å². The van der Waals surface area contributed by atoms with E-state index in [0.29, 0.717) is 22.0 Å². The van der Waals surface area contributed by atoms with Crippen LogP contribution in [0.1, 0.15) is 36.0 Å². The molecule has 32 heavy (non-hydrogen) atoms. The van der Waals surface area contributed by atoms with Crippen molar-refractivity contribution in [2.45, 2.75) is 36.6 Å². The number of aromatic nitrogens is 1. The molecule has 1 aliphatic rings. The Morgan fingerprint density at radius 3 is 2.44 bits per heavy atom. The van der Waals surface area contributed by atoms with E-state index in [-0.39, 0.29) is 23.4 Å². The van der Waals surface area contributed by atoms with E-state index in [0.717, 1.165) is 30.6 Å². The monoisotopic (exact) mass is 468 g/mol. The Bertz CT molecular complexity index is 1160.